The first-order valence-electron chi connectivity index (χ1n) is 6.89. The lowest BCUT2D eigenvalue weighted by molar-refractivity contribution is 0.577. The van der Waals surface area contributed by atoms with Crippen LogP contribution in [0.2, 0.25) is 0 Å². The summed E-state index contributed by atoms with van der Waals surface area (Å²) in [5, 5.41) is 12.4. The molecule has 19 heavy (non-hydrogen) atoms. The summed E-state index contributed by atoms with van der Waals surface area (Å²) >= 11 is 0. The van der Waals surface area contributed by atoms with Crippen LogP contribution in [0.15, 0.2) is 12.3 Å². The number of aromatic nitrogens is 4. The van der Waals surface area contributed by atoms with E-state index in [2.05, 4.69) is 46.3 Å². The van der Waals surface area contributed by atoms with Crippen LogP contribution in [0.25, 0.3) is 0 Å². The molecular formula is C14H23N5. The molecule has 0 unspecified atom stereocenters. The number of hydrogen-bond acceptors (Lipinski definition) is 3. The van der Waals surface area contributed by atoms with Crippen molar-refractivity contribution < 1.29 is 0 Å². The average Bonchev–Trinajstić information content (AvgIpc) is 2.93. The van der Waals surface area contributed by atoms with E-state index in [1.165, 1.54) is 11.3 Å². The van der Waals surface area contributed by atoms with Crippen molar-refractivity contribution in [3.05, 3.63) is 34.9 Å². The molecule has 2 rings (SSSR count). The SMILES string of the molecule is CCc1cc(CNCc2cn(C)nc2C)n(CC)n1. The second kappa shape index (κ2) is 6.02. The third-order valence-corrected chi connectivity index (χ3v) is 3.31. The monoisotopic (exact) mass is 261 g/mol. The predicted octanol–water partition coefficient (Wildman–Crippen LogP) is 1.80. The van der Waals surface area contributed by atoms with E-state index in [1.807, 2.05) is 18.7 Å². The van der Waals surface area contributed by atoms with E-state index >= 15 is 0 Å². The fourth-order valence-corrected chi connectivity index (χ4v) is 2.25. The minimum absolute atomic E-state index is 0.842. The minimum Gasteiger partial charge on any atom is -0.307 e. The standard InChI is InChI=1S/C14H23N5/c1-5-13-7-14(19(6-2)17-13)9-15-8-12-10-18(4)16-11(12)3/h7,10,15H,5-6,8-9H2,1-4H3. The first kappa shape index (κ1) is 13.8. The van der Waals surface area contributed by atoms with Crippen LogP contribution in [0.5, 0.6) is 0 Å². The number of hydrogen-bond donors (Lipinski definition) is 1. The van der Waals surface area contributed by atoms with Gasteiger partial charge in [-0.2, -0.15) is 10.2 Å². The summed E-state index contributed by atoms with van der Waals surface area (Å²) in [6, 6.07) is 2.19. The van der Waals surface area contributed by atoms with Crippen LogP contribution in [-0.2, 0) is 33.1 Å². The van der Waals surface area contributed by atoms with Crippen molar-refractivity contribution in [1.29, 1.82) is 0 Å². The van der Waals surface area contributed by atoms with Crippen molar-refractivity contribution in [3.63, 3.8) is 0 Å². The molecule has 0 saturated heterocycles. The Morgan fingerprint density at radius 3 is 2.58 bits per heavy atom. The Morgan fingerprint density at radius 2 is 2.00 bits per heavy atom. The zero-order valence-corrected chi connectivity index (χ0v) is 12.3. The lowest BCUT2D eigenvalue weighted by Gasteiger charge is -2.06. The van der Waals surface area contributed by atoms with Crippen molar-refractivity contribution >= 4 is 0 Å². The van der Waals surface area contributed by atoms with Crippen LogP contribution in [0.4, 0.5) is 0 Å². The molecule has 0 aliphatic heterocycles. The average molecular weight is 261 g/mol. The molecular weight excluding hydrogens is 238 g/mol. The van der Waals surface area contributed by atoms with Crippen molar-refractivity contribution in [1.82, 2.24) is 24.9 Å². The largest absolute Gasteiger partial charge is 0.307 e. The van der Waals surface area contributed by atoms with Gasteiger partial charge in [0, 0.05) is 38.4 Å². The fraction of sp³-hybridized carbons (Fsp3) is 0.571. The smallest absolute Gasteiger partial charge is 0.0638 e. The number of aryl methyl sites for hydroxylation is 4. The summed E-state index contributed by atoms with van der Waals surface area (Å²) in [7, 11) is 1.95. The Balaban J connectivity index is 1.95. The lowest BCUT2D eigenvalue weighted by Crippen LogP contribution is -2.16. The summed E-state index contributed by atoms with van der Waals surface area (Å²) in [6.07, 6.45) is 3.05. The molecule has 2 heterocycles. The molecule has 5 nitrogen and oxygen atoms in total. The van der Waals surface area contributed by atoms with E-state index in [9.17, 15) is 0 Å². The predicted molar refractivity (Wildman–Crippen MR) is 75.8 cm³/mol. The fourth-order valence-electron chi connectivity index (χ4n) is 2.25. The molecule has 2 aromatic rings. The highest BCUT2D eigenvalue weighted by molar-refractivity contribution is 5.15. The first-order chi connectivity index (χ1) is 9.13. The first-order valence-corrected chi connectivity index (χ1v) is 6.89. The molecule has 1 N–H and O–H groups in total. The van der Waals surface area contributed by atoms with Gasteiger partial charge in [-0.15, -0.1) is 0 Å². The molecule has 0 saturated carbocycles. The van der Waals surface area contributed by atoms with Gasteiger partial charge in [0.1, 0.15) is 0 Å². The van der Waals surface area contributed by atoms with Crippen molar-refractivity contribution in [2.45, 2.75) is 46.8 Å². The summed E-state index contributed by atoms with van der Waals surface area (Å²) in [5.74, 6) is 0. The molecule has 0 radical (unpaired) electrons. The number of rotatable bonds is 6. The van der Waals surface area contributed by atoms with Gasteiger partial charge < -0.3 is 5.32 Å². The van der Waals surface area contributed by atoms with Crippen LogP contribution < -0.4 is 5.32 Å². The molecule has 0 atom stereocenters. The molecule has 0 aliphatic carbocycles. The van der Waals surface area contributed by atoms with Crippen LogP contribution in [0.3, 0.4) is 0 Å². The Labute approximate surface area is 114 Å². The Hall–Kier alpha value is -1.62. The Morgan fingerprint density at radius 1 is 1.21 bits per heavy atom. The van der Waals surface area contributed by atoms with Crippen LogP contribution in [0.1, 0.15) is 36.5 Å². The molecule has 5 heteroatoms. The van der Waals surface area contributed by atoms with Gasteiger partial charge in [0.05, 0.1) is 17.1 Å². The highest BCUT2D eigenvalue weighted by atomic mass is 15.3. The van der Waals surface area contributed by atoms with E-state index in [-0.39, 0.29) is 0 Å². The van der Waals surface area contributed by atoms with Gasteiger partial charge in [-0.25, -0.2) is 0 Å². The zero-order chi connectivity index (χ0) is 13.8. The van der Waals surface area contributed by atoms with Gasteiger partial charge in [-0.05, 0) is 26.3 Å². The summed E-state index contributed by atoms with van der Waals surface area (Å²) in [5.41, 5.74) is 4.76. The van der Waals surface area contributed by atoms with Gasteiger partial charge in [-0.3, -0.25) is 9.36 Å². The number of nitrogens with one attached hydrogen (secondary N) is 1. The quantitative estimate of drug-likeness (QED) is 0.862. The van der Waals surface area contributed by atoms with Crippen LogP contribution in [0, 0.1) is 6.92 Å². The molecule has 0 amide bonds. The zero-order valence-electron chi connectivity index (χ0n) is 12.3. The molecule has 2 aromatic heterocycles. The van der Waals surface area contributed by atoms with Gasteiger partial charge in [0.25, 0.3) is 0 Å². The highest BCUT2D eigenvalue weighted by Crippen LogP contribution is 2.07. The van der Waals surface area contributed by atoms with Crippen LogP contribution >= 0.6 is 0 Å². The van der Waals surface area contributed by atoms with Gasteiger partial charge in [0.2, 0.25) is 0 Å². The van der Waals surface area contributed by atoms with Crippen molar-refractivity contribution in [3.8, 4) is 0 Å². The van der Waals surface area contributed by atoms with Gasteiger partial charge in [0.15, 0.2) is 0 Å². The normalized spacial score (nSPS) is 11.2. The maximum Gasteiger partial charge on any atom is 0.0638 e. The second-order valence-electron chi connectivity index (χ2n) is 4.81. The third kappa shape index (κ3) is 3.23. The van der Waals surface area contributed by atoms with E-state index < -0.39 is 0 Å². The van der Waals surface area contributed by atoms with Crippen molar-refractivity contribution in [2.75, 3.05) is 0 Å². The summed E-state index contributed by atoms with van der Waals surface area (Å²) < 4.78 is 3.93. The third-order valence-electron chi connectivity index (χ3n) is 3.31. The molecule has 0 bridgehead atoms. The molecule has 0 aromatic carbocycles. The van der Waals surface area contributed by atoms with Gasteiger partial charge in [-0.1, -0.05) is 6.92 Å². The maximum atomic E-state index is 4.55. The molecule has 104 valence electrons. The van der Waals surface area contributed by atoms with E-state index in [1.54, 1.807) is 0 Å². The minimum atomic E-state index is 0.842. The van der Waals surface area contributed by atoms with E-state index in [0.717, 1.165) is 37.4 Å². The van der Waals surface area contributed by atoms with Crippen molar-refractivity contribution in [2.24, 2.45) is 7.05 Å². The van der Waals surface area contributed by atoms with Crippen LogP contribution in [-0.4, -0.2) is 19.6 Å². The highest BCUT2D eigenvalue weighted by Gasteiger charge is 2.06. The van der Waals surface area contributed by atoms with E-state index in [0.29, 0.717) is 0 Å². The van der Waals surface area contributed by atoms with Gasteiger partial charge >= 0.3 is 0 Å². The summed E-state index contributed by atoms with van der Waals surface area (Å²) in [4.78, 5) is 0. The molecule has 0 fully saturated rings. The topological polar surface area (TPSA) is 47.7 Å². The molecule has 0 spiro atoms. The lowest BCUT2D eigenvalue weighted by atomic mass is 10.2. The number of nitrogens with zero attached hydrogens (tertiary/aromatic N) is 4. The Bertz CT molecular complexity index is 538. The maximum absolute atomic E-state index is 4.55. The van der Waals surface area contributed by atoms with E-state index in [4.69, 9.17) is 0 Å². The Kier molecular flexibility index (Phi) is 4.37. The summed E-state index contributed by atoms with van der Waals surface area (Å²) in [6.45, 7) is 8.91. The molecule has 0 aliphatic rings. The second-order valence-corrected chi connectivity index (χ2v) is 4.81.